The Bertz CT molecular complexity index is 372. The molecule has 1 aromatic carbocycles. The average Bonchev–Trinajstić information content (AvgIpc) is 2.27. The minimum Gasteiger partial charge on any atom is -0.490 e. The molecular weight excluding hydrogens is 214 g/mol. The highest BCUT2D eigenvalue weighted by atomic mass is 16.5. The van der Waals surface area contributed by atoms with Gasteiger partial charge in [-0.2, -0.15) is 0 Å². The van der Waals surface area contributed by atoms with Gasteiger partial charge in [0.25, 0.3) is 0 Å². The molecule has 0 fully saturated rings. The van der Waals surface area contributed by atoms with E-state index < -0.39 is 5.60 Å². The van der Waals surface area contributed by atoms with Crippen molar-refractivity contribution in [2.24, 2.45) is 5.73 Å². The zero-order chi connectivity index (χ0) is 13.1. The molecule has 96 valence electrons. The Morgan fingerprint density at radius 3 is 2.59 bits per heavy atom. The van der Waals surface area contributed by atoms with Crippen LogP contribution >= 0.6 is 0 Å². The van der Waals surface area contributed by atoms with Crippen LogP contribution in [0.4, 0.5) is 0 Å². The van der Waals surface area contributed by atoms with Crippen molar-refractivity contribution in [1.29, 1.82) is 0 Å². The largest absolute Gasteiger partial charge is 0.490 e. The fourth-order valence-corrected chi connectivity index (χ4v) is 1.42. The summed E-state index contributed by atoms with van der Waals surface area (Å²) >= 11 is 0. The fourth-order valence-electron chi connectivity index (χ4n) is 1.42. The predicted molar refractivity (Wildman–Crippen MR) is 70.4 cm³/mol. The van der Waals surface area contributed by atoms with Crippen molar-refractivity contribution in [1.82, 2.24) is 0 Å². The monoisotopic (exact) mass is 237 g/mol. The third kappa shape index (κ3) is 4.02. The molecule has 0 spiro atoms. The molecule has 0 amide bonds. The maximum absolute atomic E-state index is 9.80. The molecule has 0 aliphatic rings. The van der Waals surface area contributed by atoms with Crippen molar-refractivity contribution < 1.29 is 9.84 Å². The summed E-state index contributed by atoms with van der Waals surface area (Å²) in [6, 6.07) is 6.18. The Morgan fingerprint density at radius 1 is 1.41 bits per heavy atom. The van der Waals surface area contributed by atoms with Gasteiger partial charge < -0.3 is 15.6 Å². The van der Waals surface area contributed by atoms with E-state index in [-0.39, 0.29) is 13.2 Å². The van der Waals surface area contributed by atoms with Gasteiger partial charge in [0, 0.05) is 6.54 Å². The summed E-state index contributed by atoms with van der Waals surface area (Å²) in [5, 5.41) is 9.80. The second-order valence-corrected chi connectivity index (χ2v) is 5.17. The molecule has 0 aliphatic heterocycles. The van der Waals surface area contributed by atoms with Crippen LogP contribution in [-0.4, -0.2) is 23.9 Å². The van der Waals surface area contributed by atoms with Crippen LogP contribution in [0.1, 0.15) is 37.8 Å². The summed E-state index contributed by atoms with van der Waals surface area (Å²) in [6.07, 6.45) is 0. The second kappa shape index (κ2) is 5.52. The van der Waals surface area contributed by atoms with E-state index in [9.17, 15) is 5.11 Å². The summed E-state index contributed by atoms with van der Waals surface area (Å²) in [7, 11) is 0. The Morgan fingerprint density at radius 2 is 2.06 bits per heavy atom. The lowest BCUT2D eigenvalue weighted by molar-refractivity contribution is 0.0193. The van der Waals surface area contributed by atoms with Crippen LogP contribution in [0.5, 0.6) is 5.75 Å². The zero-order valence-electron chi connectivity index (χ0n) is 11.2. The van der Waals surface area contributed by atoms with Gasteiger partial charge in [-0.05, 0) is 37.0 Å². The van der Waals surface area contributed by atoms with Crippen molar-refractivity contribution in [2.45, 2.75) is 39.2 Å². The van der Waals surface area contributed by atoms with Gasteiger partial charge in [0.1, 0.15) is 18.0 Å². The lowest BCUT2D eigenvalue weighted by Crippen LogP contribution is -2.40. The highest BCUT2D eigenvalue weighted by Crippen LogP contribution is 2.24. The molecule has 0 saturated carbocycles. The number of ether oxygens (including phenoxy) is 1. The smallest absolute Gasteiger partial charge is 0.122 e. The highest BCUT2D eigenvalue weighted by Gasteiger charge is 2.19. The van der Waals surface area contributed by atoms with E-state index >= 15 is 0 Å². The Kier molecular flexibility index (Phi) is 4.54. The minimum atomic E-state index is -0.972. The van der Waals surface area contributed by atoms with Gasteiger partial charge >= 0.3 is 0 Å². The number of aryl methyl sites for hydroxylation is 1. The van der Waals surface area contributed by atoms with E-state index in [4.69, 9.17) is 10.5 Å². The van der Waals surface area contributed by atoms with E-state index in [0.29, 0.717) is 5.92 Å². The molecule has 3 nitrogen and oxygen atoms in total. The minimum absolute atomic E-state index is 0.190. The molecular formula is C14H23NO2. The van der Waals surface area contributed by atoms with Crippen molar-refractivity contribution in [3.05, 3.63) is 29.3 Å². The van der Waals surface area contributed by atoms with Gasteiger partial charge in [-0.3, -0.25) is 0 Å². The van der Waals surface area contributed by atoms with Crippen LogP contribution < -0.4 is 10.5 Å². The van der Waals surface area contributed by atoms with Crippen LogP contribution in [0, 0.1) is 6.92 Å². The number of hydrogen-bond acceptors (Lipinski definition) is 3. The summed E-state index contributed by atoms with van der Waals surface area (Å²) in [4.78, 5) is 0. The molecule has 1 unspecified atom stereocenters. The van der Waals surface area contributed by atoms with E-state index in [1.807, 2.05) is 19.1 Å². The summed E-state index contributed by atoms with van der Waals surface area (Å²) in [5.41, 5.74) is 6.79. The third-order valence-corrected chi connectivity index (χ3v) is 2.86. The average molecular weight is 237 g/mol. The summed E-state index contributed by atoms with van der Waals surface area (Å²) in [5.74, 6) is 1.29. The van der Waals surface area contributed by atoms with Crippen molar-refractivity contribution in [2.75, 3.05) is 13.2 Å². The molecule has 0 bridgehead atoms. The lowest BCUT2D eigenvalue weighted by atomic mass is 10.0. The first-order valence-corrected chi connectivity index (χ1v) is 6.01. The molecule has 3 N–H and O–H groups in total. The fraction of sp³-hybridized carbons (Fsp3) is 0.571. The molecule has 1 rings (SSSR count). The molecule has 0 aromatic heterocycles. The standard InChI is InChI=1S/C14H23NO2/c1-10(2)12-6-5-11(3)13(7-12)17-9-14(4,16)8-15/h5-7,10,16H,8-9,15H2,1-4H3. The van der Waals surface area contributed by atoms with E-state index in [1.54, 1.807) is 6.92 Å². The molecule has 3 heteroatoms. The van der Waals surface area contributed by atoms with Crippen molar-refractivity contribution in [3.63, 3.8) is 0 Å². The first-order chi connectivity index (χ1) is 7.85. The summed E-state index contributed by atoms with van der Waals surface area (Å²) in [6.45, 7) is 8.36. The van der Waals surface area contributed by atoms with E-state index in [1.165, 1.54) is 5.56 Å². The first kappa shape index (κ1) is 14.0. The Balaban J connectivity index is 2.80. The number of nitrogens with two attached hydrogens (primary N) is 1. The maximum Gasteiger partial charge on any atom is 0.122 e. The van der Waals surface area contributed by atoms with Crippen LogP contribution in [0.3, 0.4) is 0 Å². The van der Waals surface area contributed by atoms with Gasteiger partial charge in [-0.15, -0.1) is 0 Å². The third-order valence-electron chi connectivity index (χ3n) is 2.86. The van der Waals surface area contributed by atoms with Crippen LogP contribution in [0.25, 0.3) is 0 Å². The van der Waals surface area contributed by atoms with Gasteiger partial charge in [0.2, 0.25) is 0 Å². The van der Waals surface area contributed by atoms with Crippen molar-refractivity contribution >= 4 is 0 Å². The summed E-state index contributed by atoms with van der Waals surface area (Å²) < 4.78 is 5.65. The van der Waals surface area contributed by atoms with E-state index in [2.05, 4.69) is 19.9 Å². The van der Waals surface area contributed by atoms with Crippen LogP contribution in [-0.2, 0) is 0 Å². The van der Waals surface area contributed by atoms with Gasteiger partial charge in [-0.25, -0.2) is 0 Å². The second-order valence-electron chi connectivity index (χ2n) is 5.17. The lowest BCUT2D eigenvalue weighted by Gasteiger charge is -2.22. The number of hydrogen-bond donors (Lipinski definition) is 2. The van der Waals surface area contributed by atoms with E-state index in [0.717, 1.165) is 11.3 Å². The van der Waals surface area contributed by atoms with Crippen LogP contribution in [0.2, 0.25) is 0 Å². The molecule has 0 heterocycles. The maximum atomic E-state index is 9.80. The number of benzene rings is 1. The zero-order valence-corrected chi connectivity index (χ0v) is 11.2. The number of rotatable bonds is 5. The topological polar surface area (TPSA) is 55.5 Å². The van der Waals surface area contributed by atoms with Gasteiger partial charge in [-0.1, -0.05) is 26.0 Å². The molecule has 0 aliphatic carbocycles. The molecule has 17 heavy (non-hydrogen) atoms. The first-order valence-electron chi connectivity index (χ1n) is 6.01. The molecule has 0 radical (unpaired) electrons. The Hall–Kier alpha value is -1.06. The molecule has 0 saturated heterocycles. The quantitative estimate of drug-likeness (QED) is 0.825. The molecule has 1 aromatic rings. The predicted octanol–water partition coefficient (Wildman–Crippen LogP) is 2.21. The molecule has 1 atom stereocenters. The van der Waals surface area contributed by atoms with Gasteiger partial charge in [0.05, 0.1) is 0 Å². The number of aliphatic hydroxyl groups is 1. The normalized spacial score (nSPS) is 14.8. The van der Waals surface area contributed by atoms with Crippen LogP contribution in [0.15, 0.2) is 18.2 Å². The van der Waals surface area contributed by atoms with Gasteiger partial charge in [0.15, 0.2) is 0 Å². The Labute approximate surface area is 104 Å². The van der Waals surface area contributed by atoms with Crippen molar-refractivity contribution in [3.8, 4) is 5.75 Å². The SMILES string of the molecule is Cc1ccc(C(C)C)cc1OCC(C)(O)CN. The highest BCUT2D eigenvalue weighted by molar-refractivity contribution is 5.37.